The number of benzene rings is 1. The fourth-order valence-electron chi connectivity index (χ4n) is 2.37. The molecule has 0 radical (unpaired) electrons. The molecule has 1 saturated carbocycles. The Kier molecular flexibility index (Phi) is 2.78. The largest absolute Gasteiger partial charge is 0.383 e. The highest BCUT2D eigenvalue weighted by Crippen LogP contribution is 2.35. The summed E-state index contributed by atoms with van der Waals surface area (Å²) in [5.41, 5.74) is 11.9. The van der Waals surface area contributed by atoms with E-state index in [9.17, 15) is 5.11 Å². The molecule has 82 valence electrons. The molecule has 0 heterocycles. The van der Waals surface area contributed by atoms with E-state index in [2.05, 4.69) is 0 Å². The molecule has 0 saturated heterocycles. The van der Waals surface area contributed by atoms with Gasteiger partial charge in [0, 0.05) is 6.04 Å². The van der Waals surface area contributed by atoms with Crippen LogP contribution in [0.25, 0.3) is 0 Å². The highest BCUT2D eigenvalue weighted by atomic mass is 16.3. The Morgan fingerprint density at radius 2 is 1.87 bits per heavy atom. The number of nitrogens with two attached hydrogens (primary N) is 2. The molecule has 3 heteroatoms. The van der Waals surface area contributed by atoms with Gasteiger partial charge in [-0.1, -0.05) is 30.3 Å². The first-order valence-electron chi connectivity index (χ1n) is 5.43. The van der Waals surface area contributed by atoms with Gasteiger partial charge in [-0.3, -0.25) is 0 Å². The molecule has 3 nitrogen and oxygen atoms in total. The normalized spacial score (nSPS) is 36.5. The number of rotatable bonds is 1. The molecule has 3 unspecified atom stereocenters. The lowest BCUT2D eigenvalue weighted by atomic mass is 9.74. The van der Waals surface area contributed by atoms with Crippen LogP contribution in [-0.4, -0.2) is 17.2 Å². The SMILES string of the molecule is NC1CCCC(O)(c2ccccc2)C1N. The van der Waals surface area contributed by atoms with E-state index in [4.69, 9.17) is 11.5 Å². The lowest BCUT2D eigenvalue weighted by Crippen LogP contribution is -2.58. The van der Waals surface area contributed by atoms with Crippen LogP contribution in [0.1, 0.15) is 24.8 Å². The highest BCUT2D eigenvalue weighted by molar-refractivity contribution is 5.26. The summed E-state index contributed by atoms with van der Waals surface area (Å²) in [6, 6.07) is 9.12. The molecule has 0 aliphatic heterocycles. The van der Waals surface area contributed by atoms with Crippen molar-refractivity contribution in [2.75, 3.05) is 0 Å². The molecule has 1 aliphatic carbocycles. The van der Waals surface area contributed by atoms with Gasteiger partial charge in [-0.2, -0.15) is 0 Å². The predicted octanol–water partition coefficient (Wildman–Crippen LogP) is 0.713. The van der Waals surface area contributed by atoms with E-state index in [1.807, 2.05) is 30.3 Å². The Labute approximate surface area is 90.1 Å². The maximum Gasteiger partial charge on any atom is 0.106 e. The van der Waals surface area contributed by atoms with Gasteiger partial charge in [-0.05, 0) is 24.8 Å². The lowest BCUT2D eigenvalue weighted by Gasteiger charge is -2.41. The molecule has 5 N–H and O–H groups in total. The first kappa shape index (κ1) is 10.6. The van der Waals surface area contributed by atoms with Crippen molar-refractivity contribution in [3.63, 3.8) is 0 Å². The first-order valence-corrected chi connectivity index (χ1v) is 5.43. The number of hydrogen-bond donors (Lipinski definition) is 3. The highest BCUT2D eigenvalue weighted by Gasteiger charge is 2.41. The summed E-state index contributed by atoms with van der Waals surface area (Å²) >= 11 is 0. The monoisotopic (exact) mass is 206 g/mol. The molecule has 1 fully saturated rings. The number of hydrogen-bond acceptors (Lipinski definition) is 3. The van der Waals surface area contributed by atoms with Gasteiger partial charge in [-0.15, -0.1) is 0 Å². The van der Waals surface area contributed by atoms with Gasteiger partial charge >= 0.3 is 0 Å². The summed E-state index contributed by atoms with van der Waals surface area (Å²) < 4.78 is 0. The van der Waals surface area contributed by atoms with Crippen LogP contribution in [0, 0.1) is 0 Å². The van der Waals surface area contributed by atoms with Crippen LogP contribution >= 0.6 is 0 Å². The summed E-state index contributed by atoms with van der Waals surface area (Å²) in [7, 11) is 0. The molecular formula is C12H18N2O. The summed E-state index contributed by atoms with van der Waals surface area (Å²) in [6.45, 7) is 0. The van der Waals surface area contributed by atoms with Crippen LogP contribution in [0.3, 0.4) is 0 Å². The molecule has 0 bridgehead atoms. The zero-order chi connectivity index (χ0) is 10.9. The van der Waals surface area contributed by atoms with Crippen molar-refractivity contribution < 1.29 is 5.11 Å². The average molecular weight is 206 g/mol. The van der Waals surface area contributed by atoms with E-state index in [1.54, 1.807) is 0 Å². The Hall–Kier alpha value is -0.900. The third-order valence-electron chi connectivity index (χ3n) is 3.38. The molecule has 0 amide bonds. The fraction of sp³-hybridized carbons (Fsp3) is 0.500. The van der Waals surface area contributed by atoms with Gasteiger partial charge in [-0.25, -0.2) is 0 Å². The van der Waals surface area contributed by atoms with Crippen molar-refractivity contribution in [3.8, 4) is 0 Å². The third kappa shape index (κ3) is 1.78. The van der Waals surface area contributed by atoms with Crippen LogP contribution in [0.4, 0.5) is 0 Å². The van der Waals surface area contributed by atoms with Crippen molar-refractivity contribution in [2.45, 2.75) is 36.9 Å². The molecule has 2 rings (SSSR count). The predicted molar refractivity (Wildman–Crippen MR) is 60.1 cm³/mol. The van der Waals surface area contributed by atoms with Crippen molar-refractivity contribution in [3.05, 3.63) is 35.9 Å². The van der Waals surface area contributed by atoms with E-state index in [0.29, 0.717) is 6.42 Å². The summed E-state index contributed by atoms with van der Waals surface area (Å²) in [5.74, 6) is 0. The lowest BCUT2D eigenvalue weighted by molar-refractivity contribution is -0.0265. The molecule has 0 spiro atoms. The smallest absolute Gasteiger partial charge is 0.106 e. The molecule has 1 aliphatic rings. The van der Waals surface area contributed by atoms with E-state index >= 15 is 0 Å². The van der Waals surface area contributed by atoms with Gasteiger partial charge in [0.1, 0.15) is 5.60 Å². The minimum absolute atomic E-state index is 0.107. The summed E-state index contributed by atoms with van der Waals surface area (Å²) in [5, 5.41) is 10.6. The first-order chi connectivity index (χ1) is 7.14. The quantitative estimate of drug-likeness (QED) is 0.633. The van der Waals surface area contributed by atoms with E-state index in [0.717, 1.165) is 18.4 Å². The minimum Gasteiger partial charge on any atom is -0.383 e. The third-order valence-corrected chi connectivity index (χ3v) is 3.38. The van der Waals surface area contributed by atoms with Gasteiger partial charge < -0.3 is 16.6 Å². The maximum atomic E-state index is 10.6. The van der Waals surface area contributed by atoms with Crippen LogP contribution in [-0.2, 0) is 5.60 Å². The van der Waals surface area contributed by atoms with E-state index in [-0.39, 0.29) is 12.1 Å². The van der Waals surface area contributed by atoms with E-state index < -0.39 is 5.60 Å². The fourth-order valence-corrected chi connectivity index (χ4v) is 2.37. The van der Waals surface area contributed by atoms with Gasteiger partial charge in [0.2, 0.25) is 0 Å². The van der Waals surface area contributed by atoms with Crippen LogP contribution in [0.15, 0.2) is 30.3 Å². The Morgan fingerprint density at radius 1 is 1.20 bits per heavy atom. The number of aliphatic hydroxyl groups is 1. The second-order valence-corrected chi connectivity index (χ2v) is 4.37. The molecule has 15 heavy (non-hydrogen) atoms. The summed E-state index contributed by atoms with van der Waals surface area (Å²) in [6.07, 6.45) is 2.53. The van der Waals surface area contributed by atoms with Gasteiger partial charge in [0.25, 0.3) is 0 Å². The van der Waals surface area contributed by atoms with Crippen LogP contribution < -0.4 is 11.5 Å². The van der Waals surface area contributed by atoms with E-state index in [1.165, 1.54) is 0 Å². The average Bonchev–Trinajstić information content (AvgIpc) is 2.27. The zero-order valence-corrected chi connectivity index (χ0v) is 8.76. The molecule has 1 aromatic rings. The maximum absolute atomic E-state index is 10.6. The van der Waals surface area contributed by atoms with Crippen molar-refractivity contribution in [1.29, 1.82) is 0 Å². The van der Waals surface area contributed by atoms with Crippen molar-refractivity contribution in [1.82, 2.24) is 0 Å². The van der Waals surface area contributed by atoms with Crippen LogP contribution in [0.2, 0.25) is 0 Å². The Morgan fingerprint density at radius 3 is 2.53 bits per heavy atom. The Balaban J connectivity index is 2.32. The zero-order valence-electron chi connectivity index (χ0n) is 8.76. The van der Waals surface area contributed by atoms with Gasteiger partial charge in [0.15, 0.2) is 0 Å². The molecule has 0 aromatic heterocycles. The second kappa shape index (κ2) is 3.93. The summed E-state index contributed by atoms with van der Waals surface area (Å²) in [4.78, 5) is 0. The second-order valence-electron chi connectivity index (χ2n) is 4.37. The Bertz CT molecular complexity index is 328. The topological polar surface area (TPSA) is 72.3 Å². The van der Waals surface area contributed by atoms with Crippen molar-refractivity contribution >= 4 is 0 Å². The van der Waals surface area contributed by atoms with Crippen molar-refractivity contribution in [2.24, 2.45) is 11.5 Å². The standard InChI is InChI=1S/C12H18N2O/c13-10-7-4-8-12(15,11(10)14)9-5-2-1-3-6-9/h1-3,5-6,10-11,15H,4,7-8,13-14H2. The molecular weight excluding hydrogens is 188 g/mol. The van der Waals surface area contributed by atoms with Gasteiger partial charge in [0.05, 0.1) is 6.04 Å². The minimum atomic E-state index is -0.946. The molecule has 1 aromatic carbocycles. The van der Waals surface area contributed by atoms with Crippen LogP contribution in [0.5, 0.6) is 0 Å². The molecule has 3 atom stereocenters.